The normalized spacial score (nSPS) is 21.1. The molecule has 1 saturated heterocycles. The van der Waals surface area contributed by atoms with Gasteiger partial charge in [-0.05, 0) is 48.2 Å². The van der Waals surface area contributed by atoms with Crippen LogP contribution < -0.4 is 4.90 Å². The molecule has 1 aromatic heterocycles. The molecule has 2 unspecified atom stereocenters. The van der Waals surface area contributed by atoms with Gasteiger partial charge in [0.1, 0.15) is 0 Å². The first kappa shape index (κ1) is 22.0. The zero-order valence-electron chi connectivity index (χ0n) is 19.9. The Kier molecular flexibility index (Phi) is 4.76. The summed E-state index contributed by atoms with van der Waals surface area (Å²) < 4.78 is 0. The number of hydrogen-bond donors (Lipinski definition) is 1. The molecule has 8 heteroatoms. The van der Waals surface area contributed by atoms with Gasteiger partial charge in [-0.15, -0.1) is 0 Å². The molecule has 3 heterocycles. The molecule has 1 fully saturated rings. The van der Waals surface area contributed by atoms with Gasteiger partial charge in [-0.3, -0.25) is 14.9 Å². The van der Waals surface area contributed by atoms with Crippen molar-refractivity contribution in [2.75, 3.05) is 11.4 Å². The van der Waals surface area contributed by atoms with Crippen molar-refractivity contribution < 1.29 is 14.5 Å². The summed E-state index contributed by atoms with van der Waals surface area (Å²) in [5, 5.41) is 12.1. The number of carbonyl (C=O) groups is 2. The number of carbonyl (C=O) groups excluding carboxylic acids is 2. The average Bonchev–Trinajstić information content (AvgIpc) is 3.38. The molecule has 0 aliphatic carbocycles. The van der Waals surface area contributed by atoms with Crippen molar-refractivity contribution in [3.63, 3.8) is 0 Å². The quantitative estimate of drug-likeness (QED) is 0.238. The summed E-state index contributed by atoms with van der Waals surface area (Å²) in [6.07, 6.45) is 0.935. The Bertz CT molecular complexity index is 1540. The Morgan fingerprint density at radius 3 is 2.39 bits per heavy atom. The minimum absolute atomic E-state index is 0.102. The largest absolute Gasteiger partial charge is 0.356 e. The lowest BCUT2D eigenvalue weighted by Crippen LogP contribution is -2.50. The minimum atomic E-state index is -1.23. The average molecular weight is 481 g/mol. The molecule has 8 nitrogen and oxygen atoms in total. The van der Waals surface area contributed by atoms with Crippen LogP contribution in [0.4, 0.5) is 16.2 Å². The Morgan fingerprint density at radius 2 is 1.72 bits per heavy atom. The summed E-state index contributed by atoms with van der Waals surface area (Å²) in [4.78, 5) is 44.6. The molecule has 1 N–H and O–H groups in total. The molecule has 0 spiro atoms. The molecule has 0 saturated carbocycles. The maximum Gasteiger partial charge on any atom is 0.332 e. The van der Waals surface area contributed by atoms with E-state index < -0.39 is 16.5 Å². The van der Waals surface area contributed by atoms with Crippen LogP contribution >= 0.6 is 0 Å². The highest BCUT2D eigenvalue weighted by molar-refractivity contribution is 6.23. The van der Waals surface area contributed by atoms with E-state index in [0.29, 0.717) is 17.9 Å². The Morgan fingerprint density at radius 1 is 1.03 bits per heavy atom. The molecule has 4 aromatic rings. The predicted molar refractivity (Wildman–Crippen MR) is 136 cm³/mol. The number of amides is 3. The summed E-state index contributed by atoms with van der Waals surface area (Å²) >= 11 is 0. The number of aromatic amines is 1. The lowest BCUT2D eigenvalue weighted by atomic mass is 9.78. The monoisotopic (exact) mass is 480 g/mol. The van der Waals surface area contributed by atoms with Crippen molar-refractivity contribution in [3.8, 4) is 0 Å². The van der Waals surface area contributed by atoms with Gasteiger partial charge < -0.3 is 9.88 Å². The molecule has 2 aliphatic rings. The Hall–Kier alpha value is -4.46. The lowest BCUT2D eigenvalue weighted by molar-refractivity contribution is -0.384. The van der Waals surface area contributed by atoms with E-state index in [0.717, 1.165) is 33.4 Å². The minimum Gasteiger partial charge on any atom is -0.356 e. The molecule has 0 radical (unpaired) electrons. The van der Waals surface area contributed by atoms with Crippen molar-refractivity contribution in [1.29, 1.82) is 0 Å². The molecule has 36 heavy (non-hydrogen) atoms. The van der Waals surface area contributed by atoms with E-state index in [4.69, 9.17) is 0 Å². The van der Waals surface area contributed by atoms with Crippen LogP contribution in [-0.4, -0.2) is 33.3 Å². The maximum absolute atomic E-state index is 14.0. The molecular formula is C28H24N4O4. The van der Waals surface area contributed by atoms with Gasteiger partial charge in [0.2, 0.25) is 0 Å². The highest BCUT2D eigenvalue weighted by atomic mass is 16.6. The fourth-order valence-electron chi connectivity index (χ4n) is 5.63. The number of benzene rings is 3. The number of nitrogens with one attached hydrogen (secondary N) is 1. The van der Waals surface area contributed by atoms with Crippen molar-refractivity contribution in [2.45, 2.75) is 31.7 Å². The topological polar surface area (TPSA) is 99.5 Å². The summed E-state index contributed by atoms with van der Waals surface area (Å²) in [6.45, 7) is 4.23. The van der Waals surface area contributed by atoms with Crippen LogP contribution in [0.25, 0.3) is 10.9 Å². The van der Waals surface area contributed by atoms with E-state index >= 15 is 0 Å². The van der Waals surface area contributed by atoms with Crippen LogP contribution in [0, 0.1) is 10.1 Å². The van der Waals surface area contributed by atoms with E-state index in [1.54, 1.807) is 11.8 Å². The van der Waals surface area contributed by atoms with E-state index in [-0.39, 0.29) is 17.5 Å². The molecule has 3 amide bonds. The van der Waals surface area contributed by atoms with Crippen molar-refractivity contribution in [2.24, 2.45) is 0 Å². The van der Waals surface area contributed by atoms with Crippen LogP contribution in [0.15, 0.2) is 72.8 Å². The number of nitrogens with zero attached hydrogens (tertiary/aromatic N) is 3. The molecule has 0 bridgehead atoms. The Balaban J connectivity index is 1.52. The summed E-state index contributed by atoms with van der Waals surface area (Å²) in [5.41, 5.74) is 3.94. The number of nitro groups is 1. The second-order valence-corrected chi connectivity index (χ2v) is 9.49. The van der Waals surface area contributed by atoms with E-state index in [2.05, 4.69) is 36.2 Å². The van der Waals surface area contributed by atoms with Crippen LogP contribution in [0.3, 0.4) is 0 Å². The SMILES string of the molecule is CCc1ccc(C2CN3C(=O)N(c4ccc([N+](=O)[O-])cc4)C(=O)C3(C)c3[nH]c4ccccc4c32)cc1. The van der Waals surface area contributed by atoms with Crippen molar-refractivity contribution >= 4 is 34.2 Å². The second kappa shape index (κ2) is 7.78. The van der Waals surface area contributed by atoms with Gasteiger partial charge in [0, 0.05) is 35.5 Å². The van der Waals surface area contributed by atoms with Crippen molar-refractivity contribution in [1.82, 2.24) is 9.88 Å². The molecule has 6 rings (SSSR count). The number of aromatic nitrogens is 1. The first-order valence-electron chi connectivity index (χ1n) is 11.9. The molecule has 3 aromatic carbocycles. The Labute approximate surface area is 207 Å². The first-order valence-corrected chi connectivity index (χ1v) is 11.9. The lowest BCUT2D eigenvalue weighted by Gasteiger charge is -2.40. The number of nitro benzene ring substituents is 1. The first-order chi connectivity index (χ1) is 17.3. The van der Waals surface area contributed by atoms with Crippen LogP contribution in [0.2, 0.25) is 0 Å². The number of aryl methyl sites for hydroxylation is 1. The third-order valence-electron chi connectivity index (χ3n) is 7.64. The number of imide groups is 1. The van der Waals surface area contributed by atoms with Gasteiger partial charge in [0.15, 0.2) is 5.54 Å². The molecule has 180 valence electrons. The fourth-order valence-corrected chi connectivity index (χ4v) is 5.63. The number of para-hydroxylation sites is 1. The smallest absolute Gasteiger partial charge is 0.332 e. The zero-order chi connectivity index (χ0) is 25.2. The van der Waals surface area contributed by atoms with Crippen LogP contribution in [0.5, 0.6) is 0 Å². The van der Waals surface area contributed by atoms with Gasteiger partial charge in [0.05, 0.1) is 16.3 Å². The van der Waals surface area contributed by atoms with E-state index in [1.165, 1.54) is 29.8 Å². The number of hydrogen-bond acceptors (Lipinski definition) is 4. The van der Waals surface area contributed by atoms with E-state index in [9.17, 15) is 19.7 Å². The standard InChI is InChI=1S/C28H24N4O4/c1-3-17-8-10-18(11-9-17)22-16-30-27(34)31(19-12-14-20(15-13-19)32(35)36)26(33)28(30,2)25-24(22)21-6-4-5-7-23(21)29-25/h4-15,22,29H,3,16H2,1-2H3. The highest BCUT2D eigenvalue weighted by Gasteiger charge is 2.60. The highest BCUT2D eigenvalue weighted by Crippen LogP contribution is 2.50. The number of anilines is 1. The van der Waals surface area contributed by atoms with Crippen molar-refractivity contribution in [3.05, 3.63) is 105 Å². The second-order valence-electron chi connectivity index (χ2n) is 9.49. The third kappa shape index (κ3) is 2.94. The summed E-state index contributed by atoms with van der Waals surface area (Å²) in [6, 6.07) is 21.5. The third-order valence-corrected chi connectivity index (χ3v) is 7.64. The number of fused-ring (bicyclic) bond motifs is 5. The number of rotatable bonds is 4. The summed E-state index contributed by atoms with van der Waals surface area (Å²) in [5.74, 6) is -0.502. The van der Waals surface area contributed by atoms with Crippen LogP contribution in [0.1, 0.15) is 42.1 Å². The van der Waals surface area contributed by atoms with Gasteiger partial charge in [-0.1, -0.05) is 49.4 Å². The van der Waals surface area contributed by atoms with Gasteiger partial charge >= 0.3 is 6.03 Å². The molecule has 2 atom stereocenters. The molecular weight excluding hydrogens is 456 g/mol. The van der Waals surface area contributed by atoms with E-state index in [1.807, 2.05) is 24.3 Å². The molecule has 2 aliphatic heterocycles. The number of urea groups is 1. The van der Waals surface area contributed by atoms with Gasteiger partial charge in [0.25, 0.3) is 11.6 Å². The number of H-pyrrole nitrogens is 1. The van der Waals surface area contributed by atoms with Crippen LogP contribution in [-0.2, 0) is 16.8 Å². The number of non-ortho nitro benzene ring substituents is 1. The predicted octanol–water partition coefficient (Wildman–Crippen LogP) is 5.47. The van der Waals surface area contributed by atoms with Gasteiger partial charge in [-0.25, -0.2) is 9.69 Å². The van der Waals surface area contributed by atoms with Gasteiger partial charge in [-0.2, -0.15) is 0 Å². The maximum atomic E-state index is 14.0. The zero-order valence-corrected chi connectivity index (χ0v) is 19.9. The fraction of sp³-hybridized carbons (Fsp3) is 0.214. The summed E-state index contributed by atoms with van der Waals surface area (Å²) in [7, 11) is 0.